The van der Waals surface area contributed by atoms with Crippen molar-refractivity contribution in [3.63, 3.8) is 0 Å². The number of esters is 1. The summed E-state index contributed by atoms with van der Waals surface area (Å²) in [5.41, 5.74) is 0.892. The van der Waals surface area contributed by atoms with E-state index in [9.17, 15) is 9.59 Å². The first-order chi connectivity index (χ1) is 12.6. The number of nitrogens with one attached hydrogen (secondary N) is 1. The first kappa shape index (κ1) is 18.7. The van der Waals surface area contributed by atoms with Crippen molar-refractivity contribution in [2.45, 2.75) is 32.8 Å². The molecule has 1 aromatic rings. The van der Waals surface area contributed by atoms with Crippen LogP contribution in [0.25, 0.3) is 0 Å². The lowest BCUT2D eigenvalue weighted by Crippen LogP contribution is -2.55. The first-order valence-corrected chi connectivity index (χ1v) is 9.47. The molecule has 1 N–H and O–H groups in total. The molecule has 0 aromatic heterocycles. The lowest BCUT2D eigenvalue weighted by Gasteiger charge is -2.48. The Kier molecular flexibility index (Phi) is 6.14. The summed E-state index contributed by atoms with van der Waals surface area (Å²) in [6, 6.07) is 9.62. The number of hydrogen-bond acceptors (Lipinski definition) is 5. The Morgan fingerprint density at radius 2 is 1.88 bits per heavy atom. The predicted molar refractivity (Wildman–Crippen MR) is 97.5 cm³/mol. The zero-order valence-corrected chi connectivity index (χ0v) is 15.4. The van der Waals surface area contributed by atoms with Gasteiger partial charge in [0.25, 0.3) is 0 Å². The van der Waals surface area contributed by atoms with E-state index in [2.05, 4.69) is 5.32 Å². The normalized spacial score (nSPS) is 22.0. The summed E-state index contributed by atoms with van der Waals surface area (Å²) in [6.07, 6.45) is 2.36. The minimum absolute atomic E-state index is 0.0618. The summed E-state index contributed by atoms with van der Waals surface area (Å²) in [5.74, 6) is -0.461. The van der Waals surface area contributed by atoms with Crippen LogP contribution in [0, 0.1) is 11.3 Å². The number of benzene rings is 1. The molecule has 3 rings (SSSR count). The third kappa shape index (κ3) is 4.18. The molecular formula is C20H28N2O4. The van der Waals surface area contributed by atoms with Crippen LogP contribution in [0.2, 0.25) is 0 Å². The fourth-order valence-electron chi connectivity index (χ4n) is 4.10. The average molecular weight is 360 g/mol. The molecule has 2 aliphatic rings. The van der Waals surface area contributed by atoms with Crippen LogP contribution in [-0.4, -0.2) is 49.7 Å². The Bertz CT molecular complexity index is 613. The standard InChI is InChI=1S/C20H28N2O4/c1-2-25-18(23)17-14-22(13-10-20(17)8-11-21-12-9-20)19(24)26-15-16-6-4-3-5-7-16/h3-7,17,21H,2,8-15H2,1H3. The van der Waals surface area contributed by atoms with E-state index in [1.54, 1.807) is 4.90 Å². The number of carbonyl (C=O) groups excluding carboxylic acids is 2. The summed E-state index contributed by atoms with van der Waals surface area (Å²) >= 11 is 0. The van der Waals surface area contributed by atoms with Crippen LogP contribution in [0.1, 0.15) is 31.7 Å². The second-order valence-electron chi connectivity index (χ2n) is 7.15. The molecule has 2 saturated heterocycles. The van der Waals surface area contributed by atoms with E-state index in [4.69, 9.17) is 9.47 Å². The highest BCUT2D eigenvalue weighted by molar-refractivity contribution is 5.76. The summed E-state index contributed by atoms with van der Waals surface area (Å²) in [4.78, 5) is 26.8. The van der Waals surface area contributed by atoms with Crippen LogP contribution in [0.4, 0.5) is 4.79 Å². The maximum Gasteiger partial charge on any atom is 0.410 e. The maximum absolute atomic E-state index is 12.6. The molecule has 0 radical (unpaired) electrons. The number of rotatable bonds is 4. The quantitative estimate of drug-likeness (QED) is 0.836. The molecule has 6 nitrogen and oxygen atoms in total. The Balaban J connectivity index is 1.64. The average Bonchev–Trinajstić information content (AvgIpc) is 2.68. The van der Waals surface area contributed by atoms with Gasteiger partial charge in [-0.1, -0.05) is 30.3 Å². The molecule has 1 unspecified atom stereocenters. The zero-order valence-electron chi connectivity index (χ0n) is 15.4. The highest BCUT2D eigenvalue weighted by Gasteiger charge is 2.48. The molecule has 2 aliphatic heterocycles. The summed E-state index contributed by atoms with van der Waals surface area (Å²) < 4.78 is 10.8. The van der Waals surface area contributed by atoms with E-state index in [0.717, 1.165) is 37.9 Å². The van der Waals surface area contributed by atoms with Crippen molar-refractivity contribution in [2.24, 2.45) is 11.3 Å². The van der Waals surface area contributed by atoms with E-state index < -0.39 is 0 Å². The van der Waals surface area contributed by atoms with Gasteiger partial charge in [0, 0.05) is 13.1 Å². The van der Waals surface area contributed by atoms with Crippen LogP contribution < -0.4 is 5.32 Å². The Labute approximate surface area is 154 Å². The monoisotopic (exact) mass is 360 g/mol. The fourth-order valence-corrected chi connectivity index (χ4v) is 4.10. The third-order valence-corrected chi connectivity index (χ3v) is 5.66. The fraction of sp³-hybridized carbons (Fsp3) is 0.600. The van der Waals surface area contributed by atoms with Gasteiger partial charge in [-0.2, -0.15) is 0 Å². The predicted octanol–water partition coefficient (Wildman–Crippen LogP) is 2.58. The Morgan fingerprint density at radius 3 is 2.58 bits per heavy atom. The van der Waals surface area contributed by atoms with E-state index in [1.807, 2.05) is 37.3 Å². The molecule has 1 atom stereocenters. The lowest BCUT2D eigenvalue weighted by atomic mass is 9.64. The molecule has 1 aromatic carbocycles. The molecule has 2 heterocycles. The number of ether oxygens (including phenoxy) is 2. The molecular weight excluding hydrogens is 332 g/mol. The maximum atomic E-state index is 12.6. The smallest absolute Gasteiger partial charge is 0.410 e. The summed E-state index contributed by atoms with van der Waals surface area (Å²) in [7, 11) is 0. The van der Waals surface area contributed by atoms with Crippen LogP contribution in [0.3, 0.4) is 0 Å². The van der Waals surface area contributed by atoms with Crippen molar-refractivity contribution in [3.05, 3.63) is 35.9 Å². The number of hydrogen-bond donors (Lipinski definition) is 1. The number of carbonyl (C=O) groups is 2. The van der Waals surface area contributed by atoms with Crippen LogP contribution in [-0.2, 0) is 20.9 Å². The van der Waals surface area contributed by atoms with Crippen LogP contribution >= 0.6 is 0 Å². The van der Waals surface area contributed by atoms with Crippen molar-refractivity contribution < 1.29 is 19.1 Å². The highest BCUT2D eigenvalue weighted by atomic mass is 16.6. The Hall–Kier alpha value is -2.08. The topological polar surface area (TPSA) is 67.9 Å². The molecule has 1 amide bonds. The van der Waals surface area contributed by atoms with Crippen molar-refractivity contribution in [1.29, 1.82) is 0 Å². The molecule has 0 aliphatic carbocycles. The van der Waals surface area contributed by atoms with E-state index in [0.29, 0.717) is 19.7 Å². The van der Waals surface area contributed by atoms with Gasteiger partial charge in [-0.05, 0) is 50.3 Å². The number of amides is 1. The first-order valence-electron chi connectivity index (χ1n) is 9.47. The van der Waals surface area contributed by atoms with Crippen molar-refractivity contribution >= 4 is 12.1 Å². The Morgan fingerprint density at radius 1 is 1.15 bits per heavy atom. The molecule has 0 bridgehead atoms. The largest absolute Gasteiger partial charge is 0.466 e. The molecule has 2 fully saturated rings. The van der Waals surface area contributed by atoms with Crippen molar-refractivity contribution in [3.8, 4) is 0 Å². The summed E-state index contributed by atoms with van der Waals surface area (Å²) in [5, 5.41) is 3.36. The second-order valence-corrected chi connectivity index (χ2v) is 7.15. The zero-order chi connectivity index (χ0) is 18.4. The van der Waals surface area contributed by atoms with Crippen LogP contribution in [0.15, 0.2) is 30.3 Å². The summed E-state index contributed by atoms with van der Waals surface area (Å²) in [6.45, 7) is 5.26. The van der Waals surface area contributed by atoms with Crippen molar-refractivity contribution in [2.75, 3.05) is 32.8 Å². The third-order valence-electron chi connectivity index (χ3n) is 5.66. The molecule has 1 spiro atoms. The van der Waals surface area contributed by atoms with Crippen LogP contribution in [0.5, 0.6) is 0 Å². The minimum atomic E-state index is -0.355. The van der Waals surface area contributed by atoms with Gasteiger partial charge in [-0.3, -0.25) is 4.79 Å². The number of nitrogens with zero attached hydrogens (tertiary/aromatic N) is 1. The van der Waals surface area contributed by atoms with Gasteiger partial charge in [-0.15, -0.1) is 0 Å². The van der Waals surface area contributed by atoms with E-state index in [-0.39, 0.29) is 30.0 Å². The van der Waals surface area contributed by atoms with Gasteiger partial charge in [0.05, 0.1) is 12.5 Å². The molecule has 0 saturated carbocycles. The van der Waals surface area contributed by atoms with Gasteiger partial charge in [0.15, 0.2) is 0 Å². The van der Waals surface area contributed by atoms with Gasteiger partial charge in [-0.25, -0.2) is 4.79 Å². The van der Waals surface area contributed by atoms with Crippen molar-refractivity contribution in [1.82, 2.24) is 10.2 Å². The minimum Gasteiger partial charge on any atom is -0.466 e. The molecule has 6 heteroatoms. The van der Waals surface area contributed by atoms with Gasteiger partial charge in [0.1, 0.15) is 6.61 Å². The lowest BCUT2D eigenvalue weighted by molar-refractivity contribution is -0.157. The second kappa shape index (κ2) is 8.54. The molecule has 142 valence electrons. The molecule has 26 heavy (non-hydrogen) atoms. The number of likely N-dealkylation sites (tertiary alicyclic amines) is 1. The SMILES string of the molecule is CCOC(=O)C1CN(C(=O)OCc2ccccc2)CCC12CCNCC2. The van der Waals surface area contributed by atoms with E-state index >= 15 is 0 Å². The van der Waals surface area contributed by atoms with Gasteiger partial charge < -0.3 is 19.7 Å². The van der Waals surface area contributed by atoms with Gasteiger partial charge in [0.2, 0.25) is 0 Å². The highest BCUT2D eigenvalue weighted by Crippen LogP contribution is 2.44. The van der Waals surface area contributed by atoms with Gasteiger partial charge >= 0.3 is 12.1 Å². The van der Waals surface area contributed by atoms with E-state index in [1.165, 1.54) is 0 Å². The number of piperidine rings is 2.